The first-order valence-electron chi connectivity index (χ1n) is 32.3. The van der Waals surface area contributed by atoms with Gasteiger partial charge in [0.25, 0.3) is 0 Å². The lowest BCUT2D eigenvalue weighted by Crippen LogP contribution is -2.09. The van der Waals surface area contributed by atoms with E-state index < -0.39 is 0 Å². The largest absolute Gasteiger partial charge is 0.311 e. The first kappa shape index (κ1) is 56.8. The van der Waals surface area contributed by atoms with E-state index in [4.69, 9.17) is 0 Å². The van der Waals surface area contributed by atoms with Gasteiger partial charge in [0.15, 0.2) is 0 Å². The van der Waals surface area contributed by atoms with Crippen LogP contribution in [0, 0.1) is 0 Å². The van der Waals surface area contributed by atoms with Gasteiger partial charge >= 0.3 is 0 Å². The van der Waals surface area contributed by atoms with E-state index in [0.29, 0.717) is 0 Å². The molecule has 0 heterocycles. The van der Waals surface area contributed by atoms with Gasteiger partial charge in [-0.05, 0) is 194 Å². The zero-order valence-electron chi connectivity index (χ0n) is 51.8. The van der Waals surface area contributed by atoms with Crippen LogP contribution in [-0.4, -0.2) is 0 Å². The summed E-state index contributed by atoms with van der Waals surface area (Å²) < 4.78 is 0. The van der Waals surface area contributed by atoms with Gasteiger partial charge in [0.2, 0.25) is 0 Å². The van der Waals surface area contributed by atoms with Gasteiger partial charge in [0.1, 0.15) is 0 Å². The second-order valence-electron chi connectivity index (χ2n) is 24.0. The van der Waals surface area contributed by atoms with E-state index in [0.717, 1.165) is 56.4 Å². The summed E-state index contributed by atoms with van der Waals surface area (Å²) >= 11 is 0. The maximum absolute atomic E-state index is 2.33. The van der Waals surface area contributed by atoms with Crippen LogP contribution in [0.1, 0.15) is 22.3 Å². The van der Waals surface area contributed by atoms with Crippen molar-refractivity contribution in [3.05, 3.63) is 386 Å². The number of fused-ring (bicyclic) bond motifs is 4. The molecule has 0 amide bonds. The molecule has 16 aromatic carbocycles. The highest BCUT2D eigenvalue weighted by Crippen LogP contribution is 2.43. The third kappa shape index (κ3) is 11.4. The van der Waals surface area contributed by atoms with Crippen molar-refractivity contribution >= 4 is 102 Å². The van der Waals surface area contributed by atoms with Crippen molar-refractivity contribution < 1.29 is 0 Å². The van der Waals surface area contributed by atoms with Crippen LogP contribution >= 0.6 is 0 Å². The molecule has 16 rings (SSSR count). The van der Waals surface area contributed by atoms with Gasteiger partial charge in [0, 0.05) is 34.1 Å². The standard InChI is InChI=1S/C92H64N2/c1-3-21-75(22-4-1)93(79-57-49-73(50-58-79)83-61-63-91(89-29-13-11-27-85(83)89)87-31-15-19-71-17-7-9-25-81(71)87)77-53-41-67(42-54-77)35-33-65-37-45-69(46-38-65)70-47-39-66(40-48-70)34-36-68-43-55-78(56-44-68)94(76-23-5-2-6-24-76)80-59-51-74(52-60-80)84-62-64-92(90-30-14-12-28-86(84)90)88-32-16-20-72-18-8-10-26-82(72)88/h1-64H. The number of benzene rings is 16. The predicted molar refractivity (Wildman–Crippen MR) is 404 cm³/mol. The summed E-state index contributed by atoms with van der Waals surface area (Å²) in [7, 11) is 0. The zero-order valence-corrected chi connectivity index (χ0v) is 51.8. The van der Waals surface area contributed by atoms with Crippen LogP contribution in [0.15, 0.2) is 364 Å². The molecule has 94 heavy (non-hydrogen) atoms. The Morgan fingerprint density at radius 3 is 0.734 bits per heavy atom. The molecule has 0 N–H and O–H groups in total. The van der Waals surface area contributed by atoms with E-state index in [1.165, 1.54) is 98.7 Å². The first-order valence-corrected chi connectivity index (χ1v) is 32.3. The van der Waals surface area contributed by atoms with Crippen molar-refractivity contribution in [2.45, 2.75) is 0 Å². The van der Waals surface area contributed by atoms with E-state index in [1.54, 1.807) is 0 Å². The third-order valence-corrected chi connectivity index (χ3v) is 18.3. The van der Waals surface area contributed by atoms with E-state index in [-0.39, 0.29) is 0 Å². The molecule has 0 unspecified atom stereocenters. The molecular weight excluding hydrogens is 1130 g/mol. The molecule has 0 aliphatic heterocycles. The summed E-state index contributed by atoms with van der Waals surface area (Å²) in [6.07, 6.45) is 8.77. The second-order valence-corrected chi connectivity index (χ2v) is 24.0. The molecule has 0 aliphatic carbocycles. The van der Waals surface area contributed by atoms with Crippen molar-refractivity contribution in [2.75, 3.05) is 9.80 Å². The van der Waals surface area contributed by atoms with Crippen LogP contribution in [0.2, 0.25) is 0 Å². The molecule has 0 radical (unpaired) electrons. The van der Waals surface area contributed by atoms with Crippen LogP contribution < -0.4 is 9.80 Å². The number of para-hydroxylation sites is 2. The molecule has 0 bridgehead atoms. The van der Waals surface area contributed by atoms with Gasteiger partial charge in [-0.3, -0.25) is 0 Å². The molecule has 0 aromatic heterocycles. The molecule has 16 aromatic rings. The Labute approximate surface area is 549 Å². The maximum atomic E-state index is 2.33. The molecule has 0 spiro atoms. The summed E-state index contributed by atoms with van der Waals surface area (Å²) in [5, 5.41) is 10.0. The molecular formula is C92H64N2. The van der Waals surface area contributed by atoms with Gasteiger partial charge in [-0.1, -0.05) is 315 Å². The van der Waals surface area contributed by atoms with E-state index in [1.807, 2.05) is 0 Å². The highest BCUT2D eigenvalue weighted by molar-refractivity contribution is 6.11. The van der Waals surface area contributed by atoms with E-state index in [9.17, 15) is 0 Å². The summed E-state index contributed by atoms with van der Waals surface area (Å²) in [6, 6.07) is 132. The Morgan fingerprint density at radius 1 is 0.149 bits per heavy atom. The van der Waals surface area contributed by atoms with Crippen molar-refractivity contribution in [1.29, 1.82) is 0 Å². The highest BCUT2D eigenvalue weighted by Gasteiger charge is 2.18. The molecule has 0 atom stereocenters. The zero-order chi connectivity index (χ0) is 62.6. The van der Waals surface area contributed by atoms with Gasteiger partial charge in [-0.25, -0.2) is 0 Å². The van der Waals surface area contributed by atoms with Crippen LogP contribution in [-0.2, 0) is 0 Å². The van der Waals surface area contributed by atoms with Crippen LogP contribution in [0.25, 0.3) is 123 Å². The fraction of sp³-hybridized carbons (Fsp3) is 0. The van der Waals surface area contributed by atoms with Gasteiger partial charge in [0.05, 0.1) is 0 Å². The number of anilines is 6. The first-order chi connectivity index (χ1) is 46.6. The minimum absolute atomic E-state index is 1.09. The van der Waals surface area contributed by atoms with Gasteiger partial charge in [-0.15, -0.1) is 0 Å². The van der Waals surface area contributed by atoms with Crippen molar-refractivity contribution in [2.24, 2.45) is 0 Å². The van der Waals surface area contributed by atoms with Crippen LogP contribution in [0.4, 0.5) is 34.1 Å². The number of hydrogen-bond donors (Lipinski definition) is 0. The maximum Gasteiger partial charge on any atom is 0.0462 e. The van der Waals surface area contributed by atoms with E-state index >= 15 is 0 Å². The second kappa shape index (κ2) is 25.5. The fourth-order valence-corrected chi connectivity index (χ4v) is 13.5. The number of nitrogens with zero attached hydrogens (tertiary/aromatic N) is 2. The summed E-state index contributed by atoms with van der Waals surface area (Å²) in [5.41, 5.74) is 23.3. The average molecular weight is 1200 g/mol. The normalized spacial score (nSPS) is 11.5. The monoisotopic (exact) mass is 1200 g/mol. The van der Waals surface area contributed by atoms with Gasteiger partial charge < -0.3 is 9.80 Å². The molecule has 0 saturated carbocycles. The lowest BCUT2D eigenvalue weighted by molar-refractivity contribution is 1.28. The molecule has 0 saturated heterocycles. The molecule has 0 aliphatic rings. The Balaban J connectivity index is 0.576. The van der Waals surface area contributed by atoms with E-state index in [2.05, 4.69) is 398 Å². The Hall–Kier alpha value is -12.4. The molecule has 0 fully saturated rings. The third-order valence-electron chi connectivity index (χ3n) is 18.3. The lowest BCUT2D eigenvalue weighted by atomic mass is 9.90. The lowest BCUT2D eigenvalue weighted by Gasteiger charge is -2.26. The molecule has 442 valence electrons. The van der Waals surface area contributed by atoms with Crippen molar-refractivity contribution in [3.8, 4) is 55.6 Å². The van der Waals surface area contributed by atoms with Crippen LogP contribution in [0.5, 0.6) is 0 Å². The van der Waals surface area contributed by atoms with Crippen molar-refractivity contribution in [1.82, 2.24) is 0 Å². The smallest absolute Gasteiger partial charge is 0.0462 e. The Morgan fingerprint density at radius 2 is 0.383 bits per heavy atom. The SMILES string of the molecule is C(=Cc1ccc(N(c2ccccc2)c2ccc(-c3ccc(-c4cccc5ccccc45)c4ccccc34)cc2)cc1)c1ccc(-c2ccc(C=Cc3ccc(N(c4ccccc4)c4ccc(-c5ccc(-c6cccc7ccccc67)c6ccccc56)cc4)cc3)cc2)cc1. The molecule has 2 nitrogen and oxygen atoms in total. The average Bonchev–Trinajstić information content (AvgIpc) is 0.786. The van der Waals surface area contributed by atoms with Gasteiger partial charge in [-0.2, -0.15) is 0 Å². The Bertz CT molecular complexity index is 5070. The Kier molecular flexibility index (Phi) is 15.4. The quantitative estimate of drug-likeness (QED) is 0.0944. The van der Waals surface area contributed by atoms with Crippen molar-refractivity contribution in [3.63, 3.8) is 0 Å². The summed E-state index contributed by atoms with van der Waals surface area (Å²) in [4.78, 5) is 4.66. The summed E-state index contributed by atoms with van der Waals surface area (Å²) in [5.74, 6) is 0. The minimum Gasteiger partial charge on any atom is -0.311 e. The highest BCUT2D eigenvalue weighted by atomic mass is 15.1. The fourth-order valence-electron chi connectivity index (χ4n) is 13.5. The number of hydrogen-bond acceptors (Lipinski definition) is 2. The minimum atomic E-state index is 1.09. The topological polar surface area (TPSA) is 6.48 Å². The summed E-state index contributed by atoms with van der Waals surface area (Å²) in [6.45, 7) is 0. The predicted octanol–water partition coefficient (Wildman–Crippen LogP) is 25.9. The van der Waals surface area contributed by atoms with Crippen LogP contribution in [0.3, 0.4) is 0 Å². The molecule has 2 heteroatoms. The number of rotatable bonds is 15.